The zero-order valence-corrected chi connectivity index (χ0v) is 16.5. The summed E-state index contributed by atoms with van der Waals surface area (Å²) in [6.07, 6.45) is 2.71. The Morgan fingerprint density at radius 1 is 1.23 bits per heavy atom. The molecule has 31 heavy (non-hydrogen) atoms. The van der Waals surface area contributed by atoms with E-state index in [1.54, 1.807) is 0 Å². The summed E-state index contributed by atoms with van der Waals surface area (Å²) in [5.74, 6) is -2.57. The number of benzene rings is 1. The topological polar surface area (TPSA) is 91.6 Å². The van der Waals surface area contributed by atoms with Crippen LogP contribution in [0.1, 0.15) is 51.2 Å². The molecule has 1 aromatic carbocycles. The van der Waals surface area contributed by atoms with E-state index in [0.717, 1.165) is 25.0 Å². The predicted molar refractivity (Wildman–Crippen MR) is 103 cm³/mol. The molecule has 1 aromatic heterocycles. The lowest BCUT2D eigenvalue weighted by Gasteiger charge is -2.32. The van der Waals surface area contributed by atoms with Gasteiger partial charge in [-0.25, -0.2) is 8.78 Å². The van der Waals surface area contributed by atoms with Crippen LogP contribution in [0.4, 0.5) is 8.78 Å². The third-order valence-electron chi connectivity index (χ3n) is 7.34. The van der Waals surface area contributed by atoms with Crippen molar-refractivity contribution in [3.8, 4) is 5.75 Å². The van der Waals surface area contributed by atoms with Crippen LogP contribution in [0.25, 0.3) is 0 Å². The Hall–Kier alpha value is -3.23. The molecule has 2 saturated carbocycles. The summed E-state index contributed by atoms with van der Waals surface area (Å²) in [5.41, 5.74) is -1.11. The number of hydrogen-bond donors (Lipinski definition) is 2. The summed E-state index contributed by atoms with van der Waals surface area (Å²) >= 11 is 0. The highest BCUT2D eigenvalue weighted by Crippen LogP contribution is 2.61. The maximum Gasteiger partial charge on any atom is 0.296 e. The number of carbonyl (C=O) groups is 2. The second kappa shape index (κ2) is 5.93. The molecule has 1 spiro atoms. The van der Waals surface area contributed by atoms with Crippen molar-refractivity contribution in [3.63, 3.8) is 0 Å². The molecule has 6 rings (SSSR count). The van der Waals surface area contributed by atoms with Crippen LogP contribution in [-0.4, -0.2) is 32.9 Å². The number of halogens is 2. The van der Waals surface area contributed by atoms with Crippen molar-refractivity contribution in [2.45, 2.75) is 37.9 Å². The lowest BCUT2D eigenvalue weighted by atomic mass is 9.95. The van der Waals surface area contributed by atoms with Crippen molar-refractivity contribution in [1.82, 2.24) is 14.8 Å². The molecule has 0 radical (unpaired) electrons. The number of nitrogens with zero attached hydrogens (tertiary/aromatic N) is 2. The quantitative estimate of drug-likeness (QED) is 0.766. The van der Waals surface area contributed by atoms with E-state index < -0.39 is 40.4 Å². The first kappa shape index (κ1) is 18.5. The van der Waals surface area contributed by atoms with E-state index in [4.69, 9.17) is 0 Å². The maximum atomic E-state index is 14.1. The van der Waals surface area contributed by atoms with Crippen molar-refractivity contribution in [3.05, 3.63) is 62.6 Å². The first-order chi connectivity index (χ1) is 14.8. The van der Waals surface area contributed by atoms with Crippen LogP contribution in [0.5, 0.6) is 5.75 Å². The predicted octanol–water partition coefficient (Wildman–Crippen LogP) is 1.86. The SMILES string of the molecule is O=C1NC2(CCC3CC32)n2c1c1c(c(O)c2=O)C(=O)N(Cc2ccc(F)cc2F)CC1. The number of carbonyl (C=O) groups excluding carboxylic acids is 2. The molecule has 2 aromatic rings. The van der Waals surface area contributed by atoms with E-state index in [1.807, 2.05) is 0 Å². The molecule has 2 N–H and O–H groups in total. The van der Waals surface area contributed by atoms with Gasteiger partial charge in [-0.3, -0.25) is 19.0 Å². The lowest BCUT2D eigenvalue weighted by Crippen LogP contribution is -2.48. The minimum Gasteiger partial charge on any atom is -0.502 e. The van der Waals surface area contributed by atoms with Crippen LogP contribution < -0.4 is 10.9 Å². The Morgan fingerprint density at radius 2 is 2.03 bits per heavy atom. The Balaban J connectivity index is 1.44. The molecule has 9 heteroatoms. The minimum absolute atomic E-state index is 0.123. The highest BCUT2D eigenvalue weighted by Gasteiger charge is 2.63. The Morgan fingerprint density at radius 3 is 2.71 bits per heavy atom. The van der Waals surface area contributed by atoms with Crippen molar-refractivity contribution in [2.75, 3.05) is 6.54 Å². The molecule has 4 aliphatic rings. The van der Waals surface area contributed by atoms with Gasteiger partial charge in [0, 0.05) is 36.2 Å². The Labute approximate surface area is 175 Å². The average Bonchev–Trinajstić information content (AvgIpc) is 3.36. The van der Waals surface area contributed by atoms with Crippen LogP contribution in [0, 0.1) is 23.5 Å². The normalized spacial score (nSPS) is 27.9. The van der Waals surface area contributed by atoms with E-state index >= 15 is 0 Å². The average molecular weight is 427 g/mol. The largest absolute Gasteiger partial charge is 0.502 e. The molecule has 3 unspecified atom stereocenters. The zero-order valence-electron chi connectivity index (χ0n) is 16.5. The highest BCUT2D eigenvalue weighted by atomic mass is 19.1. The van der Waals surface area contributed by atoms with Crippen molar-refractivity contribution >= 4 is 11.8 Å². The van der Waals surface area contributed by atoms with Gasteiger partial charge >= 0.3 is 0 Å². The molecule has 2 aliphatic carbocycles. The van der Waals surface area contributed by atoms with Gasteiger partial charge in [0.1, 0.15) is 23.0 Å². The van der Waals surface area contributed by atoms with E-state index in [1.165, 1.54) is 15.5 Å². The summed E-state index contributed by atoms with van der Waals surface area (Å²) in [6.45, 7) is 0.0434. The number of fused-ring (bicyclic) bond motifs is 6. The summed E-state index contributed by atoms with van der Waals surface area (Å²) in [7, 11) is 0. The first-order valence-corrected chi connectivity index (χ1v) is 10.4. The second-order valence-corrected chi connectivity index (χ2v) is 8.92. The molecule has 3 heterocycles. The molecule has 0 saturated heterocycles. The van der Waals surface area contributed by atoms with Crippen LogP contribution in [0.15, 0.2) is 23.0 Å². The minimum atomic E-state index is -0.807. The number of rotatable bonds is 2. The summed E-state index contributed by atoms with van der Waals surface area (Å²) in [6, 6.07) is 3.10. The van der Waals surface area contributed by atoms with E-state index in [9.17, 15) is 28.3 Å². The Bertz CT molecular complexity index is 1260. The number of hydrogen-bond acceptors (Lipinski definition) is 4. The van der Waals surface area contributed by atoms with Crippen LogP contribution in [0.3, 0.4) is 0 Å². The molecule has 2 fully saturated rings. The van der Waals surface area contributed by atoms with Gasteiger partial charge in [0.05, 0.1) is 5.56 Å². The van der Waals surface area contributed by atoms with E-state index in [0.29, 0.717) is 17.9 Å². The second-order valence-electron chi connectivity index (χ2n) is 8.92. The fourth-order valence-electron chi connectivity index (χ4n) is 5.80. The molecular formula is C22H19F2N3O4. The molecule has 2 amide bonds. The van der Waals surface area contributed by atoms with Gasteiger partial charge in [0.25, 0.3) is 17.4 Å². The number of nitrogens with one attached hydrogen (secondary N) is 1. The molecule has 0 bridgehead atoms. The van der Waals surface area contributed by atoms with Crippen molar-refractivity contribution < 1.29 is 23.5 Å². The molecule has 2 aliphatic heterocycles. The van der Waals surface area contributed by atoms with Crippen molar-refractivity contribution in [2.24, 2.45) is 11.8 Å². The summed E-state index contributed by atoms with van der Waals surface area (Å²) < 4.78 is 28.7. The zero-order chi connectivity index (χ0) is 21.7. The lowest BCUT2D eigenvalue weighted by molar-refractivity contribution is 0.0719. The van der Waals surface area contributed by atoms with Crippen LogP contribution in [-0.2, 0) is 18.6 Å². The first-order valence-electron chi connectivity index (χ1n) is 10.4. The number of pyridine rings is 1. The third-order valence-corrected chi connectivity index (χ3v) is 7.34. The van der Waals surface area contributed by atoms with Crippen LogP contribution in [0.2, 0.25) is 0 Å². The van der Waals surface area contributed by atoms with Crippen molar-refractivity contribution in [1.29, 1.82) is 0 Å². The van der Waals surface area contributed by atoms with Gasteiger partial charge in [-0.15, -0.1) is 0 Å². The van der Waals surface area contributed by atoms with Gasteiger partial charge < -0.3 is 15.3 Å². The molecular weight excluding hydrogens is 408 g/mol. The molecule has 7 nitrogen and oxygen atoms in total. The van der Waals surface area contributed by atoms with Gasteiger partial charge in [0.2, 0.25) is 0 Å². The summed E-state index contributed by atoms with van der Waals surface area (Å²) in [4.78, 5) is 40.5. The molecule has 160 valence electrons. The highest BCUT2D eigenvalue weighted by molar-refractivity contribution is 6.05. The van der Waals surface area contributed by atoms with E-state index in [-0.39, 0.29) is 42.2 Å². The number of aromatic nitrogens is 1. The fourth-order valence-corrected chi connectivity index (χ4v) is 5.80. The van der Waals surface area contributed by atoms with Crippen LogP contribution >= 0.6 is 0 Å². The third kappa shape index (κ3) is 2.34. The van der Waals surface area contributed by atoms with E-state index in [2.05, 4.69) is 5.32 Å². The number of amides is 2. The monoisotopic (exact) mass is 427 g/mol. The standard InChI is InChI=1S/C22H19F2N3O4/c23-12-2-1-11(15(24)8-12)9-26-6-4-13-16(20(26)30)18(28)21(31)27-17(13)19(29)25-22(27)5-3-10-7-14(10)22/h1-2,8,10,14,28H,3-7,9H2,(H,25,29). The molecule has 3 atom stereocenters. The van der Waals surface area contributed by atoms with Gasteiger partial charge in [-0.2, -0.15) is 0 Å². The summed E-state index contributed by atoms with van der Waals surface area (Å²) in [5, 5.41) is 13.7. The number of aromatic hydroxyl groups is 1. The van der Waals surface area contributed by atoms with Gasteiger partial charge in [-0.05, 0) is 37.7 Å². The fraction of sp³-hybridized carbons (Fsp3) is 0.409. The maximum absolute atomic E-state index is 14.1. The van der Waals surface area contributed by atoms with Gasteiger partial charge in [-0.1, -0.05) is 6.07 Å². The smallest absolute Gasteiger partial charge is 0.296 e. The Kier molecular flexibility index (Phi) is 3.54. The van der Waals surface area contributed by atoms with Gasteiger partial charge in [0.15, 0.2) is 5.75 Å².